The summed E-state index contributed by atoms with van der Waals surface area (Å²) in [6, 6.07) is 7.26. The molecule has 0 saturated carbocycles. The van der Waals surface area contributed by atoms with Crippen molar-refractivity contribution in [3.8, 4) is 0 Å². The molecule has 0 unspecified atom stereocenters. The van der Waals surface area contributed by atoms with Gasteiger partial charge in [-0.25, -0.2) is 8.42 Å². The number of hydrogen-bond donors (Lipinski definition) is 1. The number of carbonyl (C=O) groups excluding carboxylic acids is 1. The Bertz CT molecular complexity index is 528. The Kier molecular flexibility index (Phi) is 3.97. The minimum Gasteiger partial charge on any atom is -0.271 e. The maximum Gasteiger partial charge on any atom is 0.513 e. The van der Waals surface area contributed by atoms with E-state index < -0.39 is 21.4 Å². The van der Waals surface area contributed by atoms with Crippen molar-refractivity contribution in [2.75, 3.05) is 7.05 Å². The van der Waals surface area contributed by atoms with Crippen LogP contribution in [0, 0.1) is 0 Å². The highest BCUT2D eigenvalue weighted by atomic mass is 32.2. The molecule has 0 atom stereocenters. The largest absolute Gasteiger partial charge is 0.513 e. The SMILES string of the molecule is CN(NC(=O)c1ccccc1)S(=O)(=O)C(F)(F)F. The number of nitrogens with zero attached hydrogens (tertiary/aromatic N) is 1. The fourth-order valence-corrected chi connectivity index (χ4v) is 1.53. The lowest BCUT2D eigenvalue weighted by atomic mass is 10.2. The summed E-state index contributed by atoms with van der Waals surface area (Å²) < 4.78 is 58.0. The van der Waals surface area contributed by atoms with Gasteiger partial charge in [-0.2, -0.15) is 13.2 Å². The second-order valence-corrected chi connectivity index (χ2v) is 5.19. The Morgan fingerprint density at radius 1 is 1.22 bits per heavy atom. The molecule has 0 fully saturated rings. The van der Waals surface area contributed by atoms with E-state index in [4.69, 9.17) is 0 Å². The lowest BCUT2D eigenvalue weighted by molar-refractivity contribution is -0.0491. The first-order chi connectivity index (χ1) is 8.16. The van der Waals surface area contributed by atoms with Crippen molar-refractivity contribution in [1.29, 1.82) is 0 Å². The molecule has 1 aromatic rings. The summed E-state index contributed by atoms with van der Waals surface area (Å²) in [7, 11) is -4.98. The summed E-state index contributed by atoms with van der Waals surface area (Å²) in [6.45, 7) is 0. The van der Waals surface area contributed by atoms with E-state index in [0.717, 1.165) is 0 Å². The molecular formula is C9H9F3N2O3S. The van der Waals surface area contributed by atoms with Crippen molar-refractivity contribution in [2.45, 2.75) is 5.51 Å². The summed E-state index contributed by atoms with van der Waals surface area (Å²) in [4.78, 5) is 11.4. The van der Waals surface area contributed by atoms with Crippen LogP contribution in [-0.4, -0.2) is 31.3 Å². The number of halogens is 3. The summed E-state index contributed by atoms with van der Waals surface area (Å²) in [5.74, 6) is -0.953. The Labute approximate surface area is 101 Å². The second kappa shape index (κ2) is 4.94. The number of hydrogen-bond acceptors (Lipinski definition) is 3. The van der Waals surface area contributed by atoms with E-state index >= 15 is 0 Å². The van der Waals surface area contributed by atoms with Crippen LogP contribution >= 0.6 is 0 Å². The van der Waals surface area contributed by atoms with E-state index in [2.05, 4.69) is 0 Å². The Hall–Kier alpha value is -1.61. The van der Waals surface area contributed by atoms with Crippen molar-refractivity contribution in [1.82, 2.24) is 9.84 Å². The molecule has 0 aliphatic heterocycles. The third-order valence-corrected chi connectivity index (χ3v) is 3.35. The van der Waals surface area contributed by atoms with Gasteiger partial charge < -0.3 is 0 Å². The summed E-state index contributed by atoms with van der Waals surface area (Å²) in [5, 5.41) is 0. The van der Waals surface area contributed by atoms with Gasteiger partial charge in [-0.15, -0.1) is 4.41 Å². The van der Waals surface area contributed by atoms with Crippen molar-refractivity contribution in [2.24, 2.45) is 0 Å². The number of rotatable bonds is 3. The van der Waals surface area contributed by atoms with Crippen LogP contribution in [0.1, 0.15) is 10.4 Å². The van der Waals surface area contributed by atoms with Crippen LogP contribution in [0.25, 0.3) is 0 Å². The summed E-state index contributed by atoms with van der Waals surface area (Å²) in [5.41, 5.74) is -3.79. The minimum absolute atomic E-state index is 0.0433. The molecule has 1 amide bonds. The molecule has 5 nitrogen and oxygen atoms in total. The highest BCUT2D eigenvalue weighted by molar-refractivity contribution is 7.89. The first-order valence-electron chi connectivity index (χ1n) is 4.57. The van der Waals surface area contributed by atoms with Gasteiger partial charge in [-0.05, 0) is 12.1 Å². The molecule has 1 rings (SSSR count). The van der Waals surface area contributed by atoms with Gasteiger partial charge in [0.15, 0.2) is 0 Å². The van der Waals surface area contributed by atoms with Crippen molar-refractivity contribution in [3.05, 3.63) is 35.9 Å². The van der Waals surface area contributed by atoms with Crippen LogP contribution in [0.3, 0.4) is 0 Å². The number of carbonyl (C=O) groups is 1. The lowest BCUT2D eigenvalue weighted by Crippen LogP contribution is -2.48. The van der Waals surface area contributed by atoms with Gasteiger partial charge in [-0.1, -0.05) is 18.2 Å². The van der Waals surface area contributed by atoms with E-state index in [9.17, 15) is 26.4 Å². The quantitative estimate of drug-likeness (QED) is 0.845. The summed E-state index contributed by atoms with van der Waals surface area (Å²) >= 11 is 0. The van der Waals surface area contributed by atoms with E-state index in [0.29, 0.717) is 7.05 Å². The fourth-order valence-electron chi connectivity index (χ4n) is 1.01. The molecule has 9 heteroatoms. The normalized spacial score (nSPS) is 12.5. The average molecular weight is 282 g/mol. The smallest absolute Gasteiger partial charge is 0.271 e. The van der Waals surface area contributed by atoms with Crippen LogP contribution in [0.2, 0.25) is 0 Å². The van der Waals surface area contributed by atoms with Crippen LogP contribution in [0.4, 0.5) is 13.2 Å². The second-order valence-electron chi connectivity index (χ2n) is 3.23. The molecule has 0 aliphatic rings. The van der Waals surface area contributed by atoms with E-state index in [1.54, 1.807) is 11.5 Å². The zero-order valence-electron chi connectivity index (χ0n) is 9.10. The van der Waals surface area contributed by atoms with E-state index in [-0.39, 0.29) is 9.98 Å². The number of hydrazine groups is 1. The molecule has 100 valence electrons. The van der Waals surface area contributed by atoms with Gasteiger partial charge >= 0.3 is 15.5 Å². The lowest BCUT2D eigenvalue weighted by Gasteiger charge is -2.19. The Morgan fingerprint density at radius 3 is 2.17 bits per heavy atom. The number of sulfonamides is 1. The van der Waals surface area contributed by atoms with Crippen LogP contribution in [0.5, 0.6) is 0 Å². The summed E-state index contributed by atoms with van der Waals surface area (Å²) in [6.07, 6.45) is 0. The van der Waals surface area contributed by atoms with Crippen molar-refractivity contribution >= 4 is 15.9 Å². The molecule has 0 spiro atoms. The predicted molar refractivity (Wildman–Crippen MR) is 56.6 cm³/mol. The number of alkyl halides is 3. The van der Waals surface area contributed by atoms with E-state index in [1.165, 1.54) is 24.3 Å². The maximum atomic E-state index is 12.2. The van der Waals surface area contributed by atoms with Gasteiger partial charge in [0, 0.05) is 12.6 Å². The average Bonchev–Trinajstić information content (AvgIpc) is 2.28. The molecule has 0 aromatic heterocycles. The first-order valence-corrected chi connectivity index (χ1v) is 6.01. The molecule has 0 saturated heterocycles. The third-order valence-electron chi connectivity index (χ3n) is 1.95. The molecule has 0 heterocycles. The zero-order valence-corrected chi connectivity index (χ0v) is 9.92. The third kappa shape index (κ3) is 2.99. The molecule has 1 aromatic carbocycles. The fraction of sp³-hybridized carbons (Fsp3) is 0.222. The standard InChI is InChI=1S/C9H9F3N2O3S/c1-14(18(16,17)9(10,11)12)13-8(15)7-5-3-2-4-6-7/h2-6H,1H3,(H,13,15). The van der Waals surface area contributed by atoms with Gasteiger partial charge in [0.1, 0.15) is 0 Å². The topological polar surface area (TPSA) is 66.5 Å². The Balaban J connectivity index is 2.85. The highest BCUT2D eigenvalue weighted by Crippen LogP contribution is 2.24. The zero-order chi connectivity index (χ0) is 14.0. The van der Waals surface area contributed by atoms with Crippen LogP contribution in [0.15, 0.2) is 30.3 Å². The maximum absolute atomic E-state index is 12.2. The highest BCUT2D eigenvalue weighted by Gasteiger charge is 2.49. The number of amides is 1. The van der Waals surface area contributed by atoms with Crippen molar-refractivity contribution in [3.63, 3.8) is 0 Å². The Morgan fingerprint density at radius 2 is 1.72 bits per heavy atom. The van der Waals surface area contributed by atoms with E-state index in [1.807, 2.05) is 0 Å². The molecule has 0 radical (unpaired) electrons. The van der Waals surface area contributed by atoms with Crippen LogP contribution < -0.4 is 5.43 Å². The molecular weight excluding hydrogens is 273 g/mol. The number of benzene rings is 1. The molecule has 0 aliphatic carbocycles. The first kappa shape index (κ1) is 14.5. The van der Waals surface area contributed by atoms with Crippen molar-refractivity contribution < 1.29 is 26.4 Å². The van der Waals surface area contributed by atoms with Gasteiger partial charge in [0.25, 0.3) is 5.91 Å². The monoisotopic (exact) mass is 282 g/mol. The predicted octanol–water partition coefficient (Wildman–Crippen LogP) is 1.11. The minimum atomic E-state index is -5.58. The molecule has 0 bridgehead atoms. The van der Waals surface area contributed by atoms with Gasteiger partial charge in [-0.3, -0.25) is 10.2 Å². The van der Waals surface area contributed by atoms with Crippen LogP contribution in [-0.2, 0) is 10.0 Å². The van der Waals surface area contributed by atoms with Gasteiger partial charge in [0.2, 0.25) is 0 Å². The molecule has 1 N–H and O–H groups in total. The molecule has 18 heavy (non-hydrogen) atoms. The van der Waals surface area contributed by atoms with Gasteiger partial charge in [0.05, 0.1) is 0 Å². The number of nitrogens with one attached hydrogen (secondary N) is 1.